The first-order chi connectivity index (χ1) is 12.7. The molecule has 4 rings (SSSR count). The van der Waals surface area contributed by atoms with E-state index in [1.54, 1.807) is 0 Å². The minimum atomic E-state index is 0.779. The van der Waals surface area contributed by atoms with Gasteiger partial charge in [0.15, 0.2) is 0 Å². The molecule has 0 amide bonds. The third kappa shape index (κ3) is 3.17. The molecule has 1 aromatic carbocycles. The van der Waals surface area contributed by atoms with Crippen LogP contribution < -0.4 is 0 Å². The minimum Gasteiger partial charge on any atom is -0.294 e. The number of H-pyrrole nitrogens is 1. The second kappa shape index (κ2) is 7.03. The lowest BCUT2D eigenvalue weighted by Gasteiger charge is -2.21. The molecule has 3 aromatic rings. The van der Waals surface area contributed by atoms with Crippen LogP contribution in [0.3, 0.4) is 0 Å². The van der Waals surface area contributed by atoms with E-state index in [1.165, 1.54) is 60.0 Å². The highest BCUT2D eigenvalue weighted by Crippen LogP contribution is 2.30. The number of aromatic nitrogens is 3. The quantitative estimate of drug-likeness (QED) is 0.639. The predicted molar refractivity (Wildman–Crippen MR) is 107 cm³/mol. The molecule has 1 aliphatic rings. The smallest absolute Gasteiger partial charge is 0.0980 e. The van der Waals surface area contributed by atoms with Crippen LogP contribution in [0.25, 0.3) is 11.0 Å². The summed E-state index contributed by atoms with van der Waals surface area (Å²) >= 11 is 0. The second-order valence-corrected chi connectivity index (χ2v) is 7.78. The summed E-state index contributed by atoms with van der Waals surface area (Å²) in [5.74, 6) is 3.72. The molecule has 3 nitrogen and oxygen atoms in total. The van der Waals surface area contributed by atoms with Gasteiger partial charge >= 0.3 is 0 Å². The highest BCUT2D eigenvalue weighted by molar-refractivity contribution is 5.80. The number of hydrogen-bond donors (Lipinski definition) is 1. The average molecular weight is 345 g/mol. The van der Waals surface area contributed by atoms with Crippen molar-refractivity contribution in [3.05, 3.63) is 52.3 Å². The zero-order valence-corrected chi connectivity index (χ0v) is 15.8. The monoisotopic (exact) mass is 345 g/mol. The van der Waals surface area contributed by atoms with Crippen LogP contribution in [-0.4, -0.2) is 14.8 Å². The molecule has 1 saturated carbocycles. The van der Waals surface area contributed by atoms with Gasteiger partial charge < -0.3 is 0 Å². The molecule has 2 heterocycles. The van der Waals surface area contributed by atoms with Gasteiger partial charge in [-0.05, 0) is 49.8 Å². The summed E-state index contributed by atoms with van der Waals surface area (Å²) in [4.78, 5) is 4.72. The lowest BCUT2D eigenvalue weighted by Crippen LogP contribution is -2.16. The SMILES string of the molecule is C#Cc1ccc(C)cc1Cn1[nH]c2cnc(CCC3CCCC3)c(C)c21. The summed E-state index contributed by atoms with van der Waals surface area (Å²) in [6, 6.07) is 6.30. The van der Waals surface area contributed by atoms with Crippen molar-refractivity contribution in [2.75, 3.05) is 0 Å². The first kappa shape index (κ1) is 17.0. The van der Waals surface area contributed by atoms with E-state index in [9.17, 15) is 0 Å². The maximum atomic E-state index is 5.68. The Morgan fingerprint density at radius 2 is 2.08 bits per heavy atom. The Morgan fingerprint density at radius 1 is 1.27 bits per heavy atom. The molecule has 0 aliphatic heterocycles. The number of hydrogen-bond acceptors (Lipinski definition) is 1. The topological polar surface area (TPSA) is 33.6 Å². The van der Waals surface area contributed by atoms with Gasteiger partial charge in [0, 0.05) is 11.3 Å². The Kier molecular flexibility index (Phi) is 4.59. The normalized spacial score (nSPS) is 15.0. The molecule has 2 aromatic heterocycles. The third-order valence-corrected chi connectivity index (χ3v) is 5.93. The van der Waals surface area contributed by atoms with Crippen molar-refractivity contribution in [1.82, 2.24) is 14.8 Å². The Hall–Kier alpha value is -2.47. The van der Waals surface area contributed by atoms with Crippen LogP contribution >= 0.6 is 0 Å². The van der Waals surface area contributed by atoms with E-state index in [-0.39, 0.29) is 0 Å². The molecule has 26 heavy (non-hydrogen) atoms. The number of benzene rings is 1. The van der Waals surface area contributed by atoms with Crippen LogP contribution in [0.2, 0.25) is 0 Å². The van der Waals surface area contributed by atoms with Crippen molar-refractivity contribution in [2.45, 2.75) is 58.9 Å². The first-order valence-corrected chi connectivity index (χ1v) is 9.74. The van der Waals surface area contributed by atoms with Gasteiger partial charge in [0.1, 0.15) is 0 Å². The van der Waals surface area contributed by atoms with Crippen molar-refractivity contribution >= 4 is 11.0 Å². The standard InChI is InChI=1S/C23H27N3/c1-4-19-11-9-16(2)13-20(19)15-26-23-17(3)21(24-14-22(23)25-26)12-10-18-7-5-6-8-18/h1,9,11,13-14,18,25H,5-8,10,12,15H2,2-3H3. The number of nitrogens with one attached hydrogen (secondary N) is 1. The maximum Gasteiger partial charge on any atom is 0.0980 e. The number of aryl methyl sites for hydroxylation is 3. The molecule has 0 radical (unpaired) electrons. The van der Waals surface area contributed by atoms with E-state index in [0.29, 0.717) is 0 Å². The number of rotatable bonds is 5. The van der Waals surface area contributed by atoms with E-state index in [1.807, 2.05) is 12.3 Å². The van der Waals surface area contributed by atoms with Crippen LogP contribution in [0.1, 0.15) is 60.1 Å². The fourth-order valence-electron chi connectivity index (χ4n) is 4.39. The summed E-state index contributed by atoms with van der Waals surface area (Å²) in [5, 5.41) is 3.41. The van der Waals surface area contributed by atoms with Crippen molar-refractivity contribution in [3.8, 4) is 12.3 Å². The molecule has 1 aliphatic carbocycles. The molecule has 0 bridgehead atoms. The van der Waals surface area contributed by atoms with Crippen LogP contribution in [-0.2, 0) is 13.0 Å². The van der Waals surface area contributed by atoms with Crippen molar-refractivity contribution < 1.29 is 0 Å². The summed E-state index contributed by atoms with van der Waals surface area (Å²) in [6.07, 6.45) is 15.7. The highest BCUT2D eigenvalue weighted by atomic mass is 15.3. The van der Waals surface area contributed by atoms with E-state index in [0.717, 1.165) is 30.0 Å². The van der Waals surface area contributed by atoms with Gasteiger partial charge in [-0.3, -0.25) is 14.8 Å². The molecular formula is C23H27N3. The molecule has 134 valence electrons. The zero-order valence-electron chi connectivity index (χ0n) is 15.8. The molecule has 0 spiro atoms. The second-order valence-electron chi connectivity index (χ2n) is 7.78. The zero-order chi connectivity index (χ0) is 18.1. The number of fused-ring (bicyclic) bond motifs is 1. The summed E-state index contributed by atoms with van der Waals surface area (Å²) in [5.41, 5.74) is 8.38. The number of aromatic amines is 1. The maximum absolute atomic E-state index is 5.68. The minimum absolute atomic E-state index is 0.779. The fraction of sp³-hybridized carbons (Fsp3) is 0.435. The predicted octanol–water partition coefficient (Wildman–Crippen LogP) is 5.13. The summed E-state index contributed by atoms with van der Waals surface area (Å²) in [7, 11) is 0. The third-order valence-electron chi connectivity index (χ3n) is 5.93. The van der Waals surface area contributed by atoms with Crippen molar-refractivity contribution in [2.24, 2.45) is 5.92 Å². The van der Waals surface area contributed by atoms with Crippen LogP contribution in [0, 0.1) is 32.1 Å². The Labute approximate surface area is 155 Å². The average Bonchev–Trinajstić information content (AvgIpc) is 3.12. The van der Waals surface area contributed by atoms with Gasteiger partial charge in [0.05, 0.1) is 23.8 Å². The molecule has 1 fully saturated rings. The molecule has 0 unspecified atom stereocenters. The van der Waals surface area contributed by atoms with Crippen molar-refractivity contribution in [1.29, 1.82) is 0 Å². The van der Waals surface area contributed by atoms with E-state index in [2.05, 4.69) is 41.7 Å². The van der Waals surface area contributed by atoms with Gasteiger partial charge in [-0.1, -0.05) is 49.3 Å². The van der Waals surface area contributed by atoms with Gasteiger partial charge in [-0.15, -0.1) is 6.42 Å². The number of terminal acetylenes is 1. The van der Waals surface area contributed by atoms with Gasteiger partial charge in [-0.2, -0.15) is 0 Å². The van der Waals surface area contributed by atoms with E-state index in [4.69, 9.17) is 11.4 Å². The van der Waals surface area contributed by atoms with Gasteiger partial charge in [-0.25, -0.2) is 0 Å². The van der Waals surface area contributed by atoms with Gasteiger partial charge in [0.2, 0.25) is 0 Å². The molecule has 1 N–H and O–H groups in total. The lowest BCUT2D eigenvalue weighted by molar-refractivity contribution is 0.500. The summed E-state index contributed by atoms with van der Waals surface area (Å²) < 4.78 is 2.21. The Balaban J connectivity index is 1.58. The van der Waals surface area contributed by atoms with Crippen LogP contribution in [0.4, 0.5) is 0 Å². The lowest BCUT2D eigenvalue weighted by atomic mass is 9.98. The fourth-order valence-corrected chi connectivity index (χ4v) is 4.39. The largest absolute Gasteiger partial charge is 0.294 e. The Morgan fingerprint density at radius 3 is 2.85 bits per heavy atom. The van der Waals surface area contributed by atoms with E-state index >= 15 is 0 Å². The highest BCUT2D eigenvalue weighted by Gasteiger charge is 2.18. The van der Waals surface area contributed by atoms with Crippen LogP contribution in [0.5, 0.6) is 0 Å². The Bertz CT molecular complexity index is 961. The number of pyridine rings is 1. The first-order valence-electron chi connectivity index (χ1n) is 9.74. The molecule has 3 heteroatoms. The van der Waals surface area contributed by atoms with Crippen molar-refractivity contribution in [3.63, 3.8) is 0 Å². The molecule has 0 saturated heterocycles. The van der Waals surface area contributed by atoms with Gasteiger partial charge in [0.25, 0.3) is 0 Å². The van der Waals surface area contributed by atoms with E-state index < -0.39 is 0 Å². The van der Waals surface area contributed by atoms with Crippen LogP contribution in [0.15, 0.2) is 24.4 Å². The molecule has 0 atom stereocenters. The number of nitrogens with zero attached hydrogens (tertiary/aromatic N) is 2. The summed E-state index contributed by atoms with van der Waals surface area (Å²) in [6.45, 7) is 5.10. The molecular weight excluding hydrogens is 318 g/mol.